The molecule has 1 heterocycles. The zero-order valence-electron chi connectivity index (χ0n) is 11.3. The Morgan fingerprint density at radius 1 is 1.53 bits per heavy atom. The van der Waals surface area contributed by atoms with Gasteiger partial charge in [-0.1, -0.05) is 17.7 Å². The van der Waals surface area contributed by atoms with Gasteiger partial charge in [-0.3, -0.25) is 0 Å². The molecular formula is C14H19ClN2O2. The summed E-state index contributed by atoms with van der Waals surface area (Å²) in [5.74, 6) is -0.975. The normalized spacial score (nSPS) is 20.3. The van der Waals surface area contributed by atoms with Crippen molar-refractivity contribution >= 4 is 23.3 Å². The van der Waals surface area contributed by atoms with Crippen LogP contribution in [0.25, 0.3) is 0 Å². The fourth-order valence-corrected chi connectivity index (χ4v) is 2.92. The van der Waals surface area contributed by atoms with Crippen molar-refractivity contribution in [2.45, 2.75) is 18.9 Å². The second-order valence-corrected chi connectivity index (χ2v) is 5.52. The number of aromatic carboxylic acids is 1. The summed E-state index contributed by atoms with van der Waals surface area (Å²) in [6, 6.07) is 5.57. The molecule has 1 aliphatic rings. The molecule has 1 aromatic rings. The van der Waals surface area contributed by atoms with Crippen LogP contribution in [0.4, 0.5) is 5.69 Å². The lowest BCUT2D eigenvalue weighted by Gasteiger charge is -2.37. The molecule has 0 aliphatic carbocycles. The van der Waals surface area contributed by atoms with Gasteiger partial charge in [0.05, 0.1) is 10.7 Å². The number of benzene rings is 1. The highest BCUT2D eigenvalue weighted by Crippen LogP contribution is 2.29. The standard InChI is InChI=1S/C14H19ClN2O2/c1-16-8-4-5-10(9-16)17(2)12-7-3-6-11(15)13(12)14(18)19/h3,6-7,10H,4-5,8-9H2,1-2H3,(H,18,19). The van der Waals surface area contributed by atoms with Crippen molar-refractivity contribution in [3.63, 3.8) is 0 Å². The van der Waals surface area contributed by atoms with Crippen LogP contribution >= 0.6 is 11.6 Å². The third-order valence-corrected chi connectivity index (χ3v) is 4.05. The van der Waals surface area contributed by atoms with E-state index in [9.17, 15) is 9.90 Å². The van der Waals surface area contributed by atoms with Gasteiger partial charge in [0.25, 0.3) is 0 Å². The van der Waals surface area contributed by atoms with E-state index in [1.807, 2.05) is 18.0 Å². The van der Waals surface area contributed by atoms with Crippen LogP contribution in [0.2, 0.25) is 5.02 Å². The van der Waals surface area contributed by atoms with Crippen LogP contribution in [-0.2, 0) is 0 Å². The van der Waals surface area contributed by atoms with Crippen LogP contribution in [0.3, 0.4) is 0 Å². The van der Waals surface area contributed by atoms with Crippen LogP contribution in [-0.4, -0.2) is 49.2 Å². The average Bonchev–Trinajstić information content (AvgIpc) is 2.37. The molecule has 0 spiro atoms. The minimum Gasteiger partial charge on any atom is -0.478 e. The fraction of sp³-hybridized carbons (Fsp3) is 0.500. The van der Waals surface area contributed by atoms with E-state index in [4.69, 9.17) is 11.6 Å². The van der Waals surface area contributed by atoms with Crippen molar-refractivity contribution in [2.24, 2.45) is 0 Å². The summed E-state index contributed by atoms with van der Waals surface area (Å²) in [5, 5.41) is 9.62. The van der Waals surface area contributed by atoms with E-state index in [0.717, 1.165) is 25.9 Å². The van der Waals surface area contributed by atoms with E-state index in [1.54, 1.807) is 12.1 Å². The predicted octanol–water partition coefficient (Wildman–Crippen LogP) is 2.57. The summed E-state index contributed by atoms with van der Waals surface area (Å²) in [4.78, 5) is 15.7. The third kappa shape index (κ3) is 3.01. The monoisotopic (exact) mass is 282 g/mol. The smallest absolute Gasteiger partial charge is 0.339 e. The zero-order chi connectivity index (χ0) is 14.0. The number of likely N-dealkylation sites (N-methyl/N-ethyl adjacent to an activating group) is 2. The summed E-state index contributed by atoms with van der Waals surface area (Å²) in [5.41, 5.74) is 0.889. The number of hydrogen-bond acceptors (Lipinski definition) is 3. The number of halogens is 1. The second-order valence-electron chi connectivity index (χ2n) is 5.11. The van der Waals surface area contributed by atoms with Gasteiger partial charge in [-0.25, -0.2) is 4.79 Å². The van der Waals surface area contributed by atoms with Gasteiger partial charge in [0, 0.05) is 19.6 Å². The van der Waals surface area contributed by atoms with Crippen LogP contribution in [0.1, 0.15) is 23.2 Å². The molecular weight excluding hydrogens is 264 g/mol. The first kappa shape index (κ1) is 14.2. The Balaban J connectivity index is 2.30. The van der Waals surface area contributed by atoms with Crippen molar-refractivity contribution in [3.8, 4) is 0 Å². The topological polar surface area (TPSA) is 43.8 Å². The predicted molar refractivity (Wildman–Crippen MR) is 77.3 cm³/mol. The Bertz CT molecular complexity index is 479. The molecule has 0 amide bonds. The van der Waals surface area contributed by atoms with Gasteiger partial charge in [-0.15, -0.1) is 0 Å². The lowest BCUT2D eigenvalue weighted by molar-refractivity contribution is 0.0697. The molecule has 0 bridgehead atoms. The molecule has 1 aromatic carbocycles. The van der Waals surface area contributed by atoms with Crippen molar-refractivity contribution < 1.29 is 9.90 Å². The Morgan fingerprint density at radius 2 is 2.26 bits per heavy atom. The summed E-state index contributed by atoms with van der Waals surface area (Å²) < 4.78 is 0. The number of hydrogen-bond donors (Lipinski definition) is 1. The molecule has 1 fully saturated rings. The molecule has 5 heteroatoms. The quantitative estimate of drug-likeness (QED) is 0.925. The van der Waals surface area contributed by atoms with E-state index in [-0.39, 0.29) is 5.56 Å². The van der Waals surface area contributed by atoms with E-state index in [1.165, 1.54) is 0 Å². The first-order valence-electron chi connectivity index (χ1n) is 6.44. The van der Waals surface area contributed by atoms with Crippen LogP contribution in [0.15, 0.2) is 18.2 Å². The first-order chi connectivity index (χ1) is 9.00. The number of nitrogens with zero attached hydrogens (tertiary/aromatic N) is 2. The Kier molecular flexibility index (Phi) is 4.32. The molecule has 1 unspecified atom stereocenters. The van der Waals surface area contributed by atoms with Crippen molar-refractivity contribution in [1.29, 1.82) is 0 Å². The van der Waals surface area contributed by atoms with Crippen molar-refractivity contribution in [3.05, 3.63) is 28.8 Å². The van der Waals surface area contributed by atoms with E-state index in [2.05, 4.69) is 11.9 Å². The molecule has 104 valence electrons. The molecule has 1 aliphatic heterocycles. The number of carboxylic acid groups (broad SMARTS) is 1. The van der Waals surface area contributed by atoms with Crippen LogP contribution in [0.5, 0.6) is 0 Å². The Hall–Kier alpha value is -1.26. The average molecular weight is 283 g/mol. The molecule has 0 saturated carbocycles. The largest absolute Gasteiger partial charge is 0.478 e. The fourth-order valence-electron chi connectivity index (χ4n) is 2.67. The molecule has 0 radical (unpaired) electrons. The summed E-state index contributed by atoms with van der Waals surface area (Å²) >= 11 is 6.02. The number of anilines is 1. The number of likely N-dealkylation sites (tertiary alicyclic amines) is 1. The lowest BCUT2D eigenvalue weighted by atomic mass is 10.0. The Morgan fingerprint density at radius 3 is 2.89 bits per heavy atom. The zero-order valence-corrected chi connectivity index (χ0v) is 12.0. The van der Waals surface area contributed by atoms with Crippen molar-refractivity contribution in [1.82, 2.24) is 4.90 Å². The minimum absolute atomic E-state index is 0.194. The molecule has 1 saturated heterocycles. The van der Waals surface area contributed by atoms with E-state index in [0.29, 0.717) is 16.8 Å². The van der Waals surface area contributed by atoms with Gasteiger partial charge in [0.1, 0.15) is 5.56 Å². The molecule has 0 aromatic heterocycles. The molecule has 4 nitrogen and oxygen atoms in total. The molecule has 19 heavy (non-hydrogen) atoms. The van der Waals surface area contributed by atoms with Gasteiger partial charge in [-0.05, 0) is 38.6 Å². The van der Waals surface area contributed by atoms with Gasteiger partial charge >= 0.3 is 5.97 Å². The maximum atomic E-state index is 11.4. The summed E-state index contributed by atoms with van der Waals surface area (Å²) in [6.07, 6.45) is 2.21. The highest BCUT2D eigenvalue weighted by atomic mass is 35.5. The SMILES string of the molecule is CN1CCCC(N(C)c2cccc(Cl)c2C(=O)O)C1. The highest BCUT2D eigenvalue weighted by molar-refractivity contribution is 6.34. The van der Waals surface area contributed by atoms with Crippen molar-refractivity contribution in [2.75, 3.05) is 32.1 Å². The van der Waals surface area contributed by atoms with Crippen LogP contribution < -0.4 is 4.90 Å². The van der Waals surface area contributed by atoms with Crippen LogP contribution in [0, 0.1) is 0 Å². The first-order valence-corrected chi connectivity index (χ1v) is 6.81. The molecule has 2 rings (SSSR count). The van der Waals surface area contributed by atoms with E-state index >= 15 is 0 Å². The Labute approximate surface area is 118 Å². The molecule has 1 N–H and O–H groups in total. The highest BCUT2D eigenvalue weighted by Gasteiger charge is 2.25. The number of carboxylic acids is 1. The second kappa shape index (κ2) is 5.80. The van der Waals surface area contributed by atoms with Gasteiger partial charge in [-0.2, -0.15) is 0 Å². The van der Waals surface area contributed by atoms with E-state index < -0.39 is 5.97 Å². The summed E-state index contributed by atoms with van der Waals surface area (Å²) in [6.45, 7) is 2.05. The number of rotatable bonds is 3. The number of carbonyl (C=O) groups is 1. The van der Waals surface area contributed by atoms with Gasteiger partial charge in [0.15, 0.2) is 0 Å². The third-order valence-electron chi connectivity index (χ3n) is 3.73. The lowest BCUT2D eigenvalue weighted by Crippen LogP contribution is -2.45. The maximum Gasteiger partial charge on any atom is 0.339 e. The minimum atomic E-state index is -0.975. The van der Waals surface area contributed by atoms with Gasteiger partial charge < -0.3 is 14.9 Å². The maximum absolute atomic E-state index is 11.4. The summed E-state index contributed by atoms with van der Waals surface area (Å²) in [7, 11) is 4.04. The number of piperidine rings is 1. The molecule has 1 atom stereocenters. The van der Waals surface area contributed by atoms with Gasteiger partial charge in [0.2, 0.25) is 0 Å².